The van der Waals surface area contributed by atoms with Crippen LogP contribution in [-0.4, -0.2) is 14.5 Å². The van der Waals surface area contributed by atoms with Crippen LogP contribution in [0.4, 0.5) is 0 Å². The van der Waals surface area contributed by atoms with E-state index < -0.39 is 0 Å². The minimum atomic E-state index is 0.768. The van der Waals surface area contributed by atoms with Crippen LogP contribution in [0.3, 0.4) is 0 Å². The summed E-state index contributed by atoms with van der Waals surface area (Å²) in [5.41, 5.74) is 3.48. The third-order valence-corrected chi connectivity index (χ3v) is 3.38. The molecule has 0 saturated heterocycles. The fraction of sp³-hybridized carbons (Fsp3) is 0.176. The topological polar surface area (TPSA) is 42.7 Å². The fourth-order valence-corrected chi connectivity index (χ4v) is 2.38. The van der Waals surface area contributed by atoms with Crippen LogP contribution in [0.1, 0.15) is 17.1 Å². The van der Waals surface area contributed by atoms with Crippen LogP contribution in [-0.2, 0) is 13.1 Å². The fourth-order valence-electron chi connectivity index (χ4n) is 2.38. The van der Waals surface area contributed by atoms with Gasteiger partial charge in [0.05, 0.1) is 11.9 Å². The Hall–Kier alpha value is -2.46. The number of para-hydroxylation sites is 1. The van der Waals surface area contributed by atoms with Crippen molar-refractivity contribution in [2.45, 2.75) is 20.0 Å². The molecule has 21 heavy (non-hydrogen) atoms. The highest BCUT2D eigenvalue weighted by Gasteiger charge is 2.07. The average Bonchev–Trinajstić information content (AvgIpc) is 2.90. The van der Waals surface area contributed by atoms with Gasteiger partial charge in [0, 0.05) is 31.2 Å². The van der Waals surface area contributed by atoms with E-state index in [9.17, 15) is 0 Å². The number of hydrogen-bond acceptors (Lipinski definition) is 3. The molecule has 0 aliphatic heterocycles. The second-order valence-electron chi connectivity index (χ2n) is 4.93. The van der Waals surface area contributed by atoms with Crippen LogP contribution in [0.25, 0.3) is 5.69 Å². The molecule has 0 saturated carbocycles. The maximum Gasteiger partial charge on any atom is 0.110 e. The number of nitrogens with zero attached hydrogens (tertiary/aromatic N) is 3. The molecule has 0 aliphatic rings. The maximum atomic E-state index is 4.43. The summed E-state index contributed by atoms with van der Waals surface area (Å²) in [5.74, 6) is 0.999. The van der Waals surface area contributed by atoms with Crippen molar-refractivity contribution in [3.8, 4) is 5.69 Å². The molecule has 1 aromatic carbocycles. The van der Waals surface area contributed by atoms with Crippen molar-refractivity contribution in [2.75, 3.05) is 0 Å². The van der Waals surface area contributed by atoms with Gasteiger partial charge in [-0.25, -0.2) is 4.98 Å². The normalized spacial score (nSPS) is 10.7. The van der Waals surface area contributed by atoms with E-state index in [0.717, 1.165) is 30.3 Å². The van der Waals surface area contributed by atoms with Crippen molar-refractivity contribution in [2.24, 2.45) is 0 Å². The lowest BCUT2D eigenvalue weighted by molar-refractivity contribution is 0.665. The first-order valence-corrected chi connectivity index (χ1v) is 7.03. The number of hydrogen-bond donors (Lipinski definition) is 1. The van der Waals surface area contributed by atoms with E-state index in [-0.39, 0.29) is 0 Å². The van der Waals surface area contributed by atoms with Crippen molar-refractivity contribution in [1.29, 1.82) is 0 Å². The van der Waals surface area contributed by atoms with Gasteiger partial charge in [0.15, 0.2) is 0 Å². The molecular formula is C17H18N4. The van der Waals surface area contributed by atoms with Crippen LogP contribution >= 0.6 is 0 Å². The molecule has 0 atom stereocenters. The van der Waals surface area contributed by atoms with Crippen LogP contribution in [0.5, 0.6) is 0 Å². The van der Waals surface area contributed by atoms with Crippen molar-refractivity contribution in [1.82, 2.24) is 19.9 Å². The first-order chi connectivity index (χ1) is 10.3. The van der Waals surface area contributed by atoms with Crippen LogP contribution in [0, 0.1) is 6.92 Å². The lowest BCUT2D eigenvalue weighted by Gasteiger charge is -2.11. The Bertz CT molecular complexity index is 689. The molecule has 0 fully saturated rings. The largest absolute Gasteiger partial charge is 0.307 e. The Morgan fingerprint density at radius 3 is 2.62 bits per heavy atom. The number of benzene rings is 1. The van der Waals surface area contributed by atoms with Crippen molar-refractivity contribution in [3.63, 3.8) is 0 Å². The van der Waals surface area contributed by atoms with Gasteiger partial charge in [-0.15, -0.1) is 0 Å². The highest BCUT2D eigenvalue weighted by atomic mass is 15.1. The molecule has 4 heteroatoms. The smallest absolute Gasteiger partial charge is 0.110 e. The molecule has 1 N–H and O–H groups in total. The van der Waals surface area contributed by atoms with Crippen LogP contribution < -0.4 is 5.32 Å². The summed E-state index contributed by atoms with van der Waals surface area (Å²) in [5, 5.41) is 3.44. The van der Waals surface area contributed by atoms with E-state index in [0.29, 0.717) is 0 Å². The zero-order valence-corrected chi connectivity index (χ0v) is 12.0. The quantitative estimate of drug-likeness (QED) is 0.780. The van der Waals surface area contributed by atoms with Gasteiger partial charge in [-0.1, -0.05) is 24.3 Å². The Morgan fingerprint density at radius 2 is 1.86 bits per heavy atom. The standard InChI is InChI=1S/C17H18N4/c1-14-20-13-17(21(14)16-7-3-2-4-8-16)12-19-11-15-6-5-9-18-10-15/h2-10,13,19H,11-12H2,1H3. The third-order valence-electron chi connectivity index (χ3n) is 3.38. The van der Waals surface area contributed by atoms with E-state index in [4.69, 9.17) is 0 Å². The molecule has 3 aromatic rings. The number of aryl methyl sites for hydroxylation is 1. The molecule has 0 radical (unpaired) electrons. The van der Waals surface area contributed by atoms with Crippen molar-refractivity contribution in [3.05, 3.63) is 78.1 Å². The molecule has 3 rings (SSSR count). The van der Waals surface area contributed by atoms with E-state index >= 15 is 0 Å². The summed E-state index contributed by atoms with van der Waals surface area (Å²) in [6, 6.07) is 14.3. The second-order valence-corrected chi connectivity index (χ2v) is 4.93. The Morgan fingerprint density at radius 1 is 1.00 bits per heavy atom. The Kier molecular flexibility index (Phi) is 4.07. The molecule has 2 heterocycles. The van der Waals surface area contributed by atoms with Crippen molar-refractivity contribution >= 4 is 0 Å². The van der Waals surface area contributed by atoms with E-state index in [1.54, 1.807) is 6.20 Å². The number of rotatable bonds is 5. The minimum Gasteiger partial charge on any atom is -0.307 e. The molecule has 2 aromatic heterocycles. The minimum absolute atomic E-state index is 0.768. The maximum absolute atomic E-state index is 4.43. The highest BCUT2D eigenvalue weighted by molar-refractivity contribution is 5.35. The summed E-state index contributed by atoms with van der Waals surface area (Å²) >= 11 is 0. The summed E-state index contributed by atoms with van der Waals surface area (Å²) in [7, 11) is 0. The van der Waals surface area contributed by atoms with Crippen molar-refractivity contribution < 1.29 is 0 Å². The van der Waals surface area contributed by atoms with Crippen LogP contribution in [0.15, 0.2) is 61.1 Å². The summed E-state index contributed by atoms with van der Waals surface area (Å²) < 4.78 is 2.18. The Balaban J connectivity index is 1.72. The monoisotopic (exact) mass is 278 g/mol. The predicted octanol–water partition coefficient (Wildman–Crippen LogP) is 2.87. The predicted molar refractivity (Wildman–Crippen MR) is 83.1 cm³/mol. The zero-order valence-electron chi connectivity index (χ0n) is 12.0. The average molecular weight is 278 g/mol. The molecular weight excluding hydrogens is 260 g/mol. The third kappa shape index (κ3) is 3.17. The zero-order chi connectivity index (χ0) is 14.5. The summed E-state index contributed by atoms with van der Waals surface area (Å²) in [6.07, 6.45) is 5.60. The lowest BCUT2D eigenvalue weighted by Crippen LogP contribution is -2.15. The SMILES string of the molecule is Cc1ncc(CNCc2cccnc2)n1-c1ccccc1. The van der Waals surface area contributed by atoms with Crippen LogP contribution in [0.2, 0.25) is 0 Å². The summed E-state index contributed by atoms with van der Waals surface area (Å²) in [6.45, 7) is 3.59. The number of aromatic nitrogens is 3. The Labute approximate surface area is 124 Å². The lowest BCUT2D eigenvalue weighted by atomic mass is 10.3. The van der Waals surface area contributed by atoms with Gasteiger partial charge in [0.1, 0.15) is 5.82 Å². The van der Waals surface area contributed by atoms with E-state index in [2.05, 4.69) is 38.1 Å². The van der Waals surface area contributed by atoms with Gasteiger partial charge in [-0.05, 0) is 30.7 Å². The van der Waals surface area contributed by atoms with Gasteiger partial charge in [0.25, 0.3) is 0 Å². The van der Waals surface area contributed by atoms with Gasteiger partial charge in [0.2, 0.25) is 0 Å². The summed E-state index contributed by atoms with van der Waals surface area (Å²) in [4.78, 5) is 8.55. The number of pyridine rings is 1. The second kappa shape index (κ2) is 6.33. The van der Waals surface area contributed by atoms with Gasteiger partial charge >= 0.3 is 0 Å². The van der Waals surface area contributed by atoms with Gasteiger partial charge < -0.3 is 5.32 Å². The number of imidazole rings is 1. The van der Waals surface area contributed by atoms with E-state index in [1.165, 1.54) is 5.56 Å². The first-order valence-electron chi connectivity index (χ1n) is 7.03. The molecule has 0 unspecified atom stereocenters. The molecule has 106 valence electrons. The highest BCUT2D eigenvalue weighted by Crippen LogP contribution is 2.14. The number of nitrogens with one attached hydrogen (secondary N) is 1. The molecule has 0 spiro atoms. The molecule has 0 aliphatic carbocycles. The molecule has 0 bridgehead atoms. The molecule has 0 amide bonds. The van der Waals surface area contributed by atoms with Gasteiger partial charge in [-0.3, -0.25) is 9.55 Å². The van der Waals surface area contributed by atoms with E-state index in [1.807, 2.05) is 43.6 Å². The van der Waals surface area contributed by atoms with Gasteiger partial charge in [-0.2, -0.15) is 0 Å². The molecule has 4 nitrogen and oxygen atoms in total. The first kappa shape index (κ1) is 13.5.